The summed E-state index contributed by atoms with van der Waals surface area (Å²) in [5, 5.41) is 8.82. The second-order valence-corrected chi connectivity index (χ2v) is 6.38. The van der Waals surface area contributed by atoms with E-state index in [2.05, 4.69) is 17.1 Å². The third-order valence-electron chi connectivity index (χ3n) is 4.70. The van der Waals surface area contributed by atoms with Crippen molar-refractivity contribution in [3.8, 4) is 11.5 Å². The highest BCUT2D eigenvalue weighted by Gasteiger charge is 2.27. The molecule has 3 rings (SSSR count). The van der Waals surface area contributed by atoms with Gasteiger partial charge in [-0.15, -0.1) is 5.10 Å². The zero-order valence-corrected chi connectivity index (χ0v) is 16.3. The summed E-state index contributed by atoms with van der Waals surface area (Å²) in [5.74, 6) is 1.09. The molecular formula is C22H25FN2O2. The van der Waals surface area contributed by atoms with Crippen LogP contribution in [-0.2, 0) is 0 Å². The number of ether oxygens (including phenoxy) is 2. The third-order valence-corrected chi connectivity index (χ3v) is 4.70. The molecule has 1 atom stereocenters. The molecule has 0 radical (unpaired) electrons. The summed E-state index contributed by atoms with van der Waals surface area (Å²) in [7, 11) is 0. The second-order valence-electron chi connectivity index (χ2n) is 6.38. The van der Waals surface area contributed by atoms with Crippen molar-refractivity contribution in [1.82, 2.24) is 0 Å². The summed E-state index contributed by atoms with van der Waals surface area (Å²) < 4.78 is 26.1. The van der Waals surface area contributed by atoms with Crippen LogP contribution in [0.2, 0.25) is 0 Å². The van der Waals surface area contributed by atoms with Crippen LogP contribution in [0.15, 0.2) is 46.6 Å². The van der Waals surface area contributed by atoms with E-state index in [1.165, 1.54) is 6.07 Å². The average Bonchev–Trinajstić information content (AvgIpc) is 2.79. The predicted octanol–water partition coefficient (Wildman–Crippen LogP) is 5.34. The predicted molar refractivity (Wildman–Crippen MR) is 107 cm³/mol. The van der Waals surface area contributed by atoms with Gasteiger partial charge in [-0.2, -0.15) is 5.10 Å². The molecule has 0 saturated carbocycles. The molecule has 142 valence electrons. The quantitative estimate of drug-likeness (QED) is 0.690. The zero-order chi connectivity index (χ0) is 19.4. The maximum absolute atomic E-state index is 14.5. The Bertz CT molecular complexity index is 890. The fraction of sp³-hybridized carbons (Fsp3) is 0.364. The molecule has 1 aliphatic rings. The fourth-order valence-electron chi connectivity index (χ4n) is 3.45. The van der Waals surface area contributed by atoms with Gasteiger partial charge in [0.2, 0.25) is 0 Å². The van der Waals surface area contributed by atoms with Gasteiger partial charge in [0.15, 0.2) is 11.5 Å². The molecule has 0 bridgehead atoms. The van der Waals surface area contributed by atoms with E-state index in [0.29, 0.717) is 36.0 Å². The van der Waals surface area contributed by atoms with E-state index in [1.54, 1.807) is 18.2 Å². The van der Waals surface area contributed by atoms with Gasteiger partial charge in [-0.1, -0.05) is 19.1 Å². The highest BCUT2D eigenvalue weighted by Crippen LogP contribution is 2.38. The van der Waals surface area contributed by atoms with E-state index in [9.17, 15) is 4.39 Å². The standard InChI is InChI=1S/C22H25FN2O2/c1-5-15-14(4)24-25-22(16-10-8-9-11-19(16)23)18-13-21(27-7-3)20(26-6-2)12-17(15)18/h8-13,15H,5-7H2,1-4H3. The Labute approximate surface area is 159 Å². The van der Waals surface area contributed by atoms with Crippen LogP contribution in [0.5, 0.6) is 11.5 Å². The minimum atomic E-state index is -0.322. The molecule has 4 nitrogen and oxygen atoms in total. The Morgan fingerprint density at radius 2 is 1.59 bits per heavy atom. The van der Waals surface area contributed by atoms with Gasteiger partial charge in [-0.05, 0) is 57.0 Å². The SMILES string of the molecule is CCOc1cc2c(cc1OCC)C(CC)C(C)=NN=C2c1ccccc1F. The maximum Gasteiger partial charge on any atom is 0.161 e. The van der Waals surface area contributed by atoms with E-state index in [-0.39, 0.29) is 11.7 Å². The summed E-state index contributed by atoms with van der Waals surface area (Å²) in [6.45, 7) is 8.99. The van der Waals surface area contributed by atoms with Crippen LogP contribution in [0.25, 0.3) is 0 Å². The highest BCUT2D eigenvalue weighted by molar-refractivity contribution is 6.16. The normalized spacial score (nSPS) is 16.1. The molecule has 1 heterocycles. The Balaban J connectivity index is 2.28. The van der Waals surface area contributed by atoms with Gasteiger partial charge < -0.3 is 9.47 Å². The van der Waals surface area contributed by atoms with E-state index in [0.717, 1.165) is 23.3 Å². The van der Waals surface area contributed by atoms with Crippen molar-refractivity contribution in [2.75, 3.05) is 13.2 Å². The maximum atomic E-state index is 14.5. The van der Waals surface area contributed by atoms with Crippen molar-refractivity contribution in [2.24, 2.45) is 10.2 Å². The van der Waals surface area contributed by atoms with Gasteiger partial charge in [-0.3, -0.25) is 0 Å². The van der Waals surface area contributed by atoms with E-state index in [4.69, 9.17) is 9.47 Å². The largest absolute Gasteiger partial charge is 0.490 e. The van der Waals surface area contributed by atoms with Gasteiger partial charge in [-0.25, -0.2) is 4.39 Å². The zero-order valence-electron chi connectivity index (χ0n) is 16.3. The first kappa shape index (κ1) is 19.1. The third kappa shape index (κ3) is 3.72. The smallest absolute Gasteiger partial charge is 0.161 e. The van der Waals surface area contributed by atoms with Crippen LogP contribution < -0.4 is 9.47 Å². The van der Waals surface area contributed by atoms with Crippen molar-refractivity contribution in [1.29, 1.82) is 0 Å². The lowest BCUT2D eigenvalue weighted by Gasteiger charge is -2.21. The van der Waals surface area contributed by atoms with Gasteiger partial charge in [0.05, 0.1) is 13.2 Å². The van der Waals surface area contributed by atoms with Crippen molar-refractivity contribution < 1.29 is 13.9 Å². The number of hydrogen-bond donors (Lipinski definition) is 0. The van der Waals surface area contributed by atoms with Crippen LogP contribution in [0.4, 0.5) is 4.39 Å². The van der Waals surface area contributed by atoms with Gasteiger partial charge in [0.1, 0.15) is 11.5 Å². The minimum absolute atomic E-state index is 0.0860. The fourth-order valence-corrected chi connectivity index (χ4v) is 3.45. The second kappa shape index (κ2) is 8.33. The Kier molecular flexibility index (Phi) is 5.89. The Hall–Kier alpha value is -2.69. The van der Waals surface area contributed by atoms with Crippen LogP contribution in [0.1, 0.15) is 56.7 Å². The molecule has 0 fully saturated rings. The summed E-state index contributed by atoms with van der Waals surface area (Å²) in [6.07, 6.45) is 0.863. The molecule has 1 aliphatic heterocycles. The summed E-state index contributed by atoms with van der Waals surface area (Å²) in [5.41, 5.74) is 3.71. The molecule has 0 spiro atoms. The molecular weight excluding hydrogens is 343 g/mol. The summed E-state index contributed by atoms with van der Waals surface area (Å²) in [4.78, 5) is 0. The lowest BCUT2D eigenvalue weighted by Crippen LogP contribution is -2.14. The molecule has 0 N–H and O–H groups in total. The van der Waals surface area contributed by atoms with E-state index < -0.39 is 0 Å². The average molecular weight is 368 g/mol. The van der Waals surface area contributed by atoms with Gasteiger partial charge in [0, 0.05) is 22.8 Å². The molecule has 5 heteroatoms. The number of halogens is 1. The van der Waals surface area contributed by atoms with Gasteiger partial charge >= 0.3 is 0 Å². The molecule has 0 aliphatic carbocycles. The molecule has 27 heavy (non-hydrogen) atoms. The van der Waals surface area contributed by atoms with Crippen molar-refractivity contribution >= 4 is 11.4 Å². The van der Waals surface area contributed by atoms with Crippen molar-refractivity contribution in [3.63, 3.8) is 0 Å². The lowest BCUT2D eigenvalue weighted by molar-refractivity contribution is 0.287. The molecule has 0 aromatic heterocycles. The number of benzene rings is 2. The number of hydrogen-bond acceptors (Lipinski definition) is 4. The molecule has 0 amide bonds. The Morgan fingerprint density at radius 1 is 0.926 bits per heavy atom. The molecule has 1 unspecified atom stereocenters. The first-order valence-corrected chi connectivity index (χ1v) is 9.41. The van der Waals surface area contributed by atoms with E-state index in [1.807, 2.05) is 32.9 Å². The first-order valence-electron chi connectivity index (χ1n) is 9.41. The first-order chi connectivity index (χ1) is 13.1. The monoisotopic (exact) mass is 368 g/mol. The van der Waals surface area contributed by atoms with E-state index >= 15 is 0 Å². The number of nitrogens with zero attached hydrogens (tertiary/aromatic N) is 2. The van der Waals surface area contributed by atoms with Crippen molar-refractivity contribution in [2.45, 2.75) is 40.0 Å². The summed E-state index contributed by atoms with van der Waals surface area (Å²) in [6, 6.07) is 10.5. The van der Waals surface area contributed by atoms with Crippen LogP contribution in [-0.4, -0.2) is 24.6 Å². The topological polar surface area (TPSA) is 43.2 Å². The van der Waals surface area contributed by atoms with Crippen molar-refractivity contribution in [3.05, 3.63) is 58.9 Å². The van der Waals surface area contributed by atoms with Crippen LogP contribution in [0, 0.1) is 5.82 Å². The highest BCUT2D eigenvalue weighted by atomic mass is 19.1. The molecule has 2 aromatic rings. The van der Waals surface area contributed by atoms with Crippen LogP contribution >= 0.6 is 0 Å². The minimum Gasteiger partial charge on any atom is -0.490 e. The number of rotatable bonds is 6. The Morgan fingerprint density at radius 3 is 2.22 bits per heavy atom. The van der Waals surface area contributed by atoms with Gasteiger partial charge in [0.25, 0.3) is 0 Å². The molecule has 2 aromatic carbocycles. The lowest BCUT2D eigenvalue weighted by atomic mass is 9.85. The molecule has 0 saturated heterocycles. The summed E-state index contributed by atoms with van der Waals surface area (Å²) >= 11 is 0. The van der Waals surface area contributed by atoms with Crippen LogP contribution in [0.3, 0.4) is 0 Å². The number of fused-ring (bicyclic) bond motifs is 1.